The minimum atomic E-state index is -0.100. The van der Waals surface area contributed by atoms with Gasteiger partial charge in [-0.15, -0.1) is 11.8 Å². The van der Waals surface area contributed by atoms with Crippen LogP contribution >= 0.6 is 23.4 Å². The third kappa shape index (κ3) is 4.15. The molecule has 21 heavy (non-hydrogen) atoms. The number of aromatic nitrogens is 2. The first-order chi connectivity index (χ1) is 9.97. The first-order valence-electron chi connectivity index (χ1n) is 6.48. The summed E-state index contributed by atoms with van der Waals surface area (Å²) in [6.07, 6.45) is 1.67. The van der Waals surface area contributed by atoms with E-state index in [0.29, 0.717) is 16.5 Å². The molecule has 2 aromatic rings. The van der Waals surface area contributed by atoms with E-state index in [1.165, 1.54) is 11.8 Å². The Kier molecular flexibility index (Phi) is 5.14. The molecule has 112 valence electrons. The molecule has 1 aromatic carbocycles. The lowest BCUT2D eigenvalue weighted by Crippen LogP contribution is -2.18. The average molecular weight is 325 g/mol. The van der Waals surface area contributed by atoms with Gasteiger partial charge in [-0.1, -0.05) is 11.6 Å². The molecule has 3 N–H and O–H groups in total. The van der Waals surface area contributed by atoms with Crippen molar-refractivity contribution in [3.05, 3.63) is 35.5 Å². The molecule has 1 aromatic heterocycles. The molecule has 0 spiro atoms. The van der Waals surface area contributed by atoms with E-state index in [1.54, 1.807) is 29.1 Å². The van der Waals surface area contributed by atoms with Crippen molar-refractivity contribution in [1.29, 1.82) is 0 Å². The zero-order valence-corrected chi connectivity index (χ0v) is 13.4. The van der Waals surface area contributed by atoms with Crippen LogP contribution < -0.4 is 11.1 Å². The normalized spacial score (nSPS) is 10.9. The van der Waals surface area contributed by atoms with Gasteiger partial charge in [-0.05, 0) is 32.0 Å². The fraction of sp³-hybridized carbons (Fsp3) is 0.286. The molecule has 5 nitrogen and oxygen atoms in total. The number of thioether (sulfide) groups is 1. The van der Waals surface area contributed by atoms with Gasteiger partial charge >= 0.3 is 0 Å². The average Bonchev–Trinajstić information content (AvgIpc) is 2.86. The van der Waals surface area contributed by atoms with Gasteiger partial charge in [-0.25, -0.2) is 4.68 Å². The summed E-state index contributed by atoms with van der Waals surface area (Å²) in [7, 11) is 0. The van der Waals surface area contributed by atoms with Gasteiger partial charge in [0.1, 0.15) is 5.82 Å². The third-order valence-corrected chi connectivity index (χ3v) is 4.08. The van der Waals surface area contributed by atoms with E-state index in [0.717, 1.165) is 4.90 Å². The monoisotopic (exact) mass is 324 g/mol. The molecule has 0 saturated heterocycles. The Morgan fingerprint density at radius 3 is 2.90 bits per heavy atom. The number of hydrogen-bond acceptors (Lipinski definition) is 4. The van der Waals surface area contributed by atoms with Crippen LogP contribution in [0.15, 0.2) is 35.4 Å². The first kappa shape index (κ1) is 15.7. The topological polar surface area (TPSA) is 72.9 Å². The van der Waals surface area contributed by atoms with Gasteiger partial charge in [0.05, 0.1) is 11.9 Å². The predicted molar refractivity (Wildman–Crippen MR) is 87.8 cm³/mol. The first-order valence-corrected chi connectivity index (χ1v) is 7.85. The van der Waals surface area contributed by atoms with Crippen molar-refractivity contribution in [2.75, 3.05) is 16.8 Å². The Hall–Kier alpha value is -1.66. The molecule has 1 amide bonds. The third-order valence-electron chi connectivity index (χ3n) is 2.76. The van der Waals surface area contributed by atoms with Gasteiger partial charge in [0, 0.05) is 27.7 Å². The van der Waals surface area contributed by atoms with E-state index >= 15 is 0 Å². The zero-order valence-electron chi connectivity index (χ0n) is 11.8. The molecule has 0 fully saturated rings. The maximum atomic E-state index is 12.0. The number of rotatable bonds is 5. The van der Waals surface area contributed by atoms with Crippen molar-refractivity contribution < 1.29 is 4.79 Å². The summed E-state index contributed by atoms with van der Waals surface area (Å²) < 4.78 is 1.76. The second kappa shape index (κ2) is 6.87. The minimum Gasteiger partial charge on any atom is -0.398 e. The number of benzene rings is 1. The van der Waals surface area contributed by atoms with Crippen LogP contribution in [0.3, 0.4) is 0 Å². The molecule has 0 aliphatic rings. The second-order valence-electron chi connectivity index (χ2n) is 4.77. The Morgan fingerprint density at radius 2 is 2.24 bits per heavy atom. The van der Waals surface area contributed by atoms with E-state index < -0.39 is 0 Å². The highest BCUT2D eigenvalue weighted by Crippen LogP contribution is 2.27. The molecule has 0 bridgehead atoms. The number of carbonyl (C=O) groups is 1. The van der Waals surface area contributed by atoms with Gasteiger partial charge < -0.3 is 11.1 Å². The van der Waals surface area contributed by atoms with Crippen molar-refractivity contribution in [3.63, 3.8) is 0 Å². The molecule has 0 unspecified atom stereocenters. The lowest BCUT2D eigenvalue weighted by Gasteiger charge is -2.12. The number of carbonyl (C=O) groups excluding carboxylic acids is 1. The van der Waals surface area contributed by atoms with Crippen molar-refractivity contribution in [3.8, 4) is 0 Å². The van der Waals surface area contributed by atoms with Gasteiger partial charge in [0.25, 0.3) is 0 Å². The van der Waals surface area contributed by atoms with Gasteiger partial charge in [-0.2, -0.15) is 5.10 Å². The van der Waals surface area contributed by atoms with E-state index in [4.69, 9.17) is 17.3 Å². The van der Waals surface area contributed by atoms with Crippen LogP contribution in [0.1, 0.15) is 19.9 Å². The number of anilines is 2. The summed E-state index contributed by atoms with van der Waals surface area (Å²) in [6, 6.07) is 7.21. The predicted octanol–water partition coefficient (Wildman–Crippen LogP) is 3.43. The van der Waals surface area contributed by atoms with Crippen LogP contribution in [0.5, 0.6) is 0 Å². The summed E-state index contributed by atoms with van der Waals surface area (Å²) in [4.78, 5) is 12.8. The maximum absolute atomic E-state index is 12.0. The Balaban J connectivity index is 1.94. The van der Waals surface area contributed by atoms with Crippen LogP contribution in [0.4, 0.5) is 11.5 Å². The number of amides is 1. The highest BCUT2D eigenvalue weighted by Gasteiger charge is 2.10. The van der Waals surface area contributed by atoms with Crippen LogP contribution in [0.25, 0.3) is 0 Å². The zero-order chi connectivity index (χ0) is 15.4. The van der Waals surface area contributed by atoms with E-state index in [-0.39, 0.29) is 17.7 Å². The van der Waals surface area contributed by atoms with E-state index in [9.17, 15) is 4.79 Å². The number of halogens is 1. The van der Waals surface area contributed by atoms with Crippen molar-refractivity contribution in [1.82, 2.24) is 9.78 Å². The summed E-state index contributed by atoms with van der Waals surface area (Å²) in [5.74, 6) is 0.867. The number of nitrogens with zero attached hydrogens (tertiary/aromatic N) is 2. The fourth-order valence-electron chi connectivity index (χ4n) is 1.80. The lowest BCUT2D eigenvalue weighted by atomic mass is 10.3. The lowest BCUT2D eigenvalue weighted by molar-refractivity contribution is -0.113. The quantitative estimate of drug-likeness (QED) is 0.653. The Morgan fingerprint density at radius 1 is 1.48 bits per heavy atom. The Bertz CT molecular complexity index is 642. The molecule has 0 aliphatic carbocycles. The van der Waals surface area contributed by atoms with Crippen molar-refractivity contribution >= 4 is 40.8 Å². The van der Waals surface area contributed by atoms with Crippen LogP contribution in [0.2, 0.25) is 5.02 Å². The SMILES string of the molecule is CC(C)n1nccc1NC(=O)CSc1ccc(Cl)cc1N. The standard InChI is InChI=1S/C14H17ClN4OS/c1-9(2)19-13(5-6-17-19)18-14(20)8-21-12-4-3-10(15)7-11(12)16/h3-7,9H,8,16H2,1-2H3,(H,18,20). The molecule has 1 heterocycles. The molecular weight excluding hydrogens is 308 g/mol. The number of hydrogen-bond donors (Lipinski definition) is 2. The van der Waals surface area contributed by atoms with Crippen LogP contribution in [-0.4, -0.2) is 21.4 Å². The van der Waals surface area contributed by atoms with Gasteiger partial charge in [0.15, 0.2) is 0 Å². The maximum Gasteiger partial charge on any atom is 0.235 e. The van der Waals surface area contributed by atoms with E-state index in [1.807, 2.05) is 19.9 Å². The van der Waals surface area contributed by atoms with Gasteiger partial charge in [-0.3, -0.25) is 4.79 Å². The fourth-order valence-corrected chi connectivity index (χ4v) is 2.73. The minimum absolute atomic E-state index is 0.100. The number of nitrogen functional groups attached to an aromatic ring is 1. The molecule has 0 aliphatic heterocycles. The largest absolute Gasteiger partial charge is 0.398 e. The number of nitrogens with one attached hydrogen (secondary N) is 1. The van der Waals surface area contributed by atoms with Crippen molar-refractivity contribution in [2.45, 2.75) is 24.8 Å². The molecule has 2 rings (SSSR count). The molecular formula is C14H17ClN4OS. The summed E-state index contributed by atoms with van der Waals surface area (Å²) in [6.45, 7) is 4.01. The van der Waals surface area contributed by atoms with Gasteiger partial charge in [0.2, 0.25) is 5.91 Å². The molecule has 0 saturated carbocycles. The highest BCUT2D eigenvalue weighted by molar-refractivity contribution is 8.00. The highest BCUT2D eigenvalue weighted by atomic mass is 35.5. The molecule has 0 atom stereocenters. The summed E-state index contributed by atoms with van der Waals surface area (Å²) >= 11 is 7.22. The summed E-state index contributed by atoms with van der Waals surface area (Å²) in [5.41, 5.74) is 6.43. The van der Waals surface area contributed by atoms with Crippen molar-refractivity contribution in [2.24, 2.45) is 0 Å². The molecule has 0 radical (unpaired) electrons. The smallest absolute Gasteiger partial charge is 0.235 e. The van der Waals surface area contributed by atoms with E-state index in [2.05, 4.69) is 10.4 Å². The second-order valence-corrected chi connectivity index (χ2v) is 6.23. The molecule has 7 heteroatoms. The summed E-state index contributed by atoms with van der Waals surface area (Å²) in [5, 5.41) is 7.60. The number of nitrogens with two attached hydrogens (primary N) is 1. The Labute approximate surface area is 132 Å². The van der Waals surface area contributed by atoms with Crippen LogP contribution in [-0.2, 0) is 4.79 Å². The van der Waals surface area contributed by atoms with Crippen LogP contribution in [0, 0.1) is 0 Å².